The zero-order valence-electron chi connectivity index (χ0n) is 7.19. The van der Waals surface area contributed by atoms with Gasteiger partial charge in [-0.2, -0.15) is 4.28 Å². The first-order valence-corrected chi connectivity index (χ1v) is 4.98. The smallest absolute Gasteiger partial charge is 0.250 e. The highest BCUT2D eigenvalue weighted by Crippen LogP contribution is 2.09. The zero-order valence-corrected chi connectivity index (χ0v) is 8.08. The number of anilines is 1. The summed E-state index contributed by atoms with van der Waals surface area (Å²) in [6.07, 6.45) is 0.955. The summed E-state index contributed by atoms with van der Waals surface area (Å²) in [7, 11) is -2.85. The maximum absolute atomic E-state index is 10.0. The number of nitrogens with one attached hydrogen (secondary N) is 1. The quantitative estimate of drug-likeness (QED) is 0.566. The van der Waals surface area contributed by atoms with Crippen molar-refractivity contribution in [3.63, 3.8) is 0 Å². The number of hydrogen-bond donors (Lipinski definition) is 2. The predicted molar refractivity (Wildman–Crippen MR) is 50.8 cm³/mol. The molecule has 0 saturated carbocycles. The van der Waals surface area contributed by atoms with Gasteiger partial charge in [-0.25, -0.2) is 13.9 Å². The van der Waals surface area contributed by atoms with Gasteiger partial charge < -0.3 is 0 Å². The van der Waals surface area contributed by atoms with Crippen molar-refractivity contribution in [2.75, 3.05) is 5.48 Å². The van der Waals surface area contributed by atoms with Gasteiger partial charge in [-0.3, -0.25) is 0 Å². The van der Waals surface area contributed by atoms with Crippen LogP contribution in [0.5, 0.6) is 0 Å². The molecule has 0 fully saturated rings. The number of hydrogen-bond acceptors (Lipinski definition) is 4. The molecule has 0 aliphatic carbocycles. The number of rotatable bonds is 4. The van der Waals surface area contributed by atoms with Crippen molar-refractivity contribution in [3.05, 3.63) is 29.8 Å². The van der Waals surface area contributed by atoms with E-state index in [1.54, 1.807) is 12.1 Å². The Labute approximate surface area is 78.6 Å². The fourth-order valence-electron chi connectivity index (χ4n) is 0.898. The Kier molecular flexibility index (Phi) is 3.72. The number of aryl methyl sites for hydroxylation is 1. The molecule has 0 spiro atoms. The van der Waals surface area contributed by atoms with E-state index in [-0.39, 0.29) is 0 Å². The lowest BCUT2D eigenvalue weighted by Crippen LogP contribution is -1.98. The third-order valence-electron chi connectivity index (χ3n) is 1.60. The van der Waals surface area contributed by atoms with E-state index in [1.807, 2.05) is 19.1 Å². The molecule has 4 nitrogen and oxygen atoms in total. The lowest BCUT2D eigenvalue weighted by Gasteiger charge is -2.01. The van der Waals surface area contributed by atoms with Gasteiger partial charge in [0.25, 0.3) is 11.0 Å². The van der Waals surface area contributed by atoms with Crippen LogP contribution in [0.4, 0.5) is 5.69 Å². The Morgan fingerprint density at radius 2 is 1.92 bits per heavy atom. The van der Waals surface area contributed by atoms with Crippen LogP contribution in [-0.4, -0.2) is 8.42 Å². The fourth-order valence-corrected chi connectivity index (χ4v) is 1.08. The highest BCUT2D eigenvalue weighted by molar-refractivity contribution is 7.67. The van der Waals surface area contributed by atoms with Gasteiger partial charge in [-0.15, -0.1) is 0 Å². The summed E-state index contributed by atoms with van der Waals surface area (Å²) in [4.78, 5) is 0. The highest BCUT2D eigenvalue weighted by Gasteiger charge is 1.92. The zero-order chi connectivity index (χ0) is 9.68. The van der Waals surface area contributed by atoms with E-state index in [0.29, 0.717) is 5.69 Å². The van der Waals surface area contributed by atoms with E-state index in [1.165, 1.54) is 5.56 Å². The standard InChI is InChI=1S/C8H11NO3S/c1-2-7-3-5-8(6-4-7)9-12-13(10)11/h3-6,9,13H,2H2,1H3. The Morgan fingerprint density at radius 1 is 1.31 bits per heavy atom. The monoisotopic (exact) mass is 201 g/mol. The molecule has 1 rings (SSSR count). The minimum Gasteiger partial charge on any atom is -0.250 e. The van der Waals surface area contributed by atoms with Gasteiger partial charge in [0.05, 0.1) is 5.69 Å². The lowest BCUT2D eigenvalue weighted by molar-refractivity contribution is 0.410. The molecule has 13 heavy (non-hydrogen) atoms. The molecule has 0 saturated heterocycles. The summed E-state index contributed by atoms with van der Waals surface area (Å²) in [5, 5.41) is 0. The Balaban J connectivity index is 2.59. The first-order chi connectivity index (χ1) is 6.22. The van der Waals surface area contributed by atoms with Crippen LogP contribution in [0.25, 0.3) is 0 Å². The third kappa shape index (κ3) is 3.43. The molecule has 1 N–H and O–H groups in total. The van der Waals surface area contributed by atoms with E-state index in [4.69, 9.17) is 0 Å². The van der Waals surface area contributed by atoms with Crippen molar-refractivity contribution in [1.29, 1.82) is 0 Å². The van der Waals surface area contributed by atoms with E-state index < -0.39 is 11.0 Å². The average molecular weight is 201 g/mol. The van der Waals surface area contributed by atoms with Gasteiger partial charge >= 0.3 is 0 Å². The molecule has 0 bridgehead atoms. The molecule has 0 unspecified atom stereocenters. The van der Waals surface area contributed by atoms with Crippen molar-refractivity contribution in [3.8, 4) is 0 Å². The normalized spacial score (nSPS) is 10.3. The van der Waals surface area contributed by atoms with Gasteiger partial charge in [0.15, 0.2) is 0 Å². The van der Waals surface area contributed by atoms with Crippen LogP contribution in [0.1, 0.15) is 12.5 Å². The van der Waals surface area contributed by atoms with E-state index in [9.17, 15) is 8.42 Å². The molecule has 72 valence electrons. The van der Waals surface area contributed by atoms with Crippen molar-refractivity contribution in [2.24, 2.45) is 0 Å². The molecular weight excluding hydrogens is 190 g/mol. The number of benzene rings is 1. The third-order valence-corrected chi connectivity index (χ3v) is 1.84. The largest absolute Gasteiger partial charge is 0.277 e. The first-order valence-electron chi connectivity index (χ1n) is 3.88. The number of thiol groups is 1. The van der Waals surface area contributed by atoms with Crippen LogP contribution in [0, 0.1) is 0 Å². The topological polar surface area (TPSA) is 55.4 Å². The maximum Gasteiger partial charge on any atom is 0.277 e. The first kappa shape index (κ1) is 10.0. The Morgan fingerprint density at radius 3 is 2.38 bits per heavy atom. The fraction of sp³-hybridized carbons (Fsp3) is 0.250. The van der Waals surface area contributed by atoms with Gasteiger partial charge in [0.1, 0.15) is 0 Å². The summed E-state index contributed by atoms with van der Waals surface area (Å²) in [5.41, 5.74) is 4.11. The van der Waals surface area contributed by atoms with E-state index in [0.717, 1.165) is 6.42 Å². The van der Waals surface area contributed by atoms with Gasteiger partial charge in [-0.05, 0) is 24.1 Å². The van der Waals surface area contributed by atoms with E-state index >= 15 is 0 Å². The van der Waals surface area contributed by atoms with Gasteiger partial charge in [0.2, 0.25) is 0 Å². The molecule has 1 aromatic carbocycles. The second-order valence-corrected chi connectivity index (χ2v) is 3.10. The van der Waals surface area contributed by atoms with Crippen molar-refractivity contribution in [2.45, 2.75) is 13.3 Å². The van der Waals surface area contributed by atoms with Crippen LogP contribution in [0.2, 0.25) is 0 Å². The van der Waals surface area contributed by atoms with Crippen molar-refractivity contribution >= 4 is 16.7 Å². The molecule has 0 aliphatic heterocycles. The predicted octanol–water partition coefficient (Wildman–Crippen LogP) is 1.12. The Hall–Kier alpha value is -1.07. The summed E-state index contributed by atoms with van der Waals surface area (Å²) in [6, 6.07) is 7.34. The van der Waals surface area contributed by atoms with Crippen LogP contribution in [-0.2, 0) is 21.7 Å². The van der Waals surface area contributed by atoms with Gasteiger partial charge in [-0.1, -0.05) is 19.1 Å². The average Bonchev–Trinajstić information content (AvgIpc) is 2.15. The summed E-state index contributed by atoms with van der Waals surface area (Å²) in [5.74, 6) is 0. The van der Waals surface area contributed by atoms with Crippen LogP contribution < -0.4 is 5.48 Å². The molecule has 0 radical (unpaired) electrons. The Bertz CT molecular complexity index is 324. The minimum atomic E-state index is -2.85. The lowest BCUT2D eigenvalue weighted by atomic mass is 10.2. The van der Waals surface area contributed by atoms with E-state index in [2.05, 4.69) is 9.76 Å². The van der Waals surface area contributed by atoms with Crippen LogP contribution in [0.3, 0.4) is 0 Å². The molecule has 0 heterocycles. The molecule has 0 aliphatic rings. The molecule has 0 atom stereocenters. The maximum atomic E-state index is 10.0. The van der Waals surface area contributed by atoms with Crippen LogP contribution >= 0.6 is 0 Å². The van der Waals surface area contributed by atoms with Crippen molar-refractivity contribution in [1.82, 2.24) is 0 Å². The highest BCUT2D eigenvalue weighted by atomic mass is 32.2. The van der Waals surface area contributed by atoms with Gasteiger partial charge in [0, 0.05) is 0 Å². The van der Waals surface area contributed by atoms with Crippen molar-refractivity contribution < 1.29 is 12.7 Å². The molecule has 5 heteroatoms. The summed E-state index contributed by atoms with van der Waals surface area (Å²) >= 11 is 0. The molecule has 0 aromatic heterocycles. The SMILES string of the molecule is CCc1ccc(NO[SH](=O)=O)cc1. The van der Waals surface area contributed by atoms with Crippen LogP contribution in [0.15, 0.2) is 24.3 Å². The summed E-state index contributed by atoms with van der Waals surface area (Å²) < 4.78 is 24.3. The second kappa shape index (κ2) is 4.84. The molecule has 1 aromatic rings. The minimum absolute atomic E-state index is 0.622. The molecule has 0 amide bonds. The molecular formula is C8H11NO3S. The second-order valence-electron chi connectivity index (χ2n) is 2.47. The summed E-state index contributed by atoms with van der Waals surface area (Å²) in [6.45, 7) is 2.05.